The molecule has 0 fully saturated rings. The van der Waals surface area contributed by atoms with E-state index in [2.05, 4.69) is 30.4 Å². The van der Waals surface area contributed by atoms with E-state index in [9.17, 15) is 13.2 Å². The van der Waals surface area contributed by atoms with Crippen LogP contribution in [0.4, 0.5) is 13.2 Å². The molecule has 14 heavy (non-hydrogen) atoms. The molecule has 1 aromatic heterocycles. The maximum absolute atomic E-state index is 11.9. The Kier molecular flexibility index (Phi) is 3.20. The zero-order valence-corrected chi connectivity index (χ0v) is 8.52. The second kappa shape index (κ2) is 4.04. The number of halogens is 4. The smallest absolute Gasteiger partial charge is 0.478 e. The van der Waals surface area contributed by atoms with Gasteiger partial charge in [-0.2, -0.15) is 0 Å². The molecule has 0 atom stereocenters. The third-order valence-electron chi connectivity index (χ3n) is 1.23. The summed E-state index contributed by atoms with van der Waals surface area (Å²) in [5.41, 5.74) is 0. The molecule has 0 N–H and O–H groups in total. The van der Waals surface area contributed by atoms with Crippen molar-refractivity contribution >= 4 is 15.9 Å². The van der Waals surface area contributed by atoms with Gasteiger partial charge in [0.25, 0.3) is 5.88 Å². The summed E-state index contributed by atoms with van der Waals surface area (Å²) in [4.78, 5) is 3.56. The lowest BCUT2D eigenvalue weighted by molar-refractivity contribution is -0.275. The van der Waals surface area contributed by atoms with E-state index in [1.165, 1.54) is 19.4 Å². The highest BCUT2D eigenvalue weighted by Crippen LogP contribution is 2.36. The summed E-state index contributed by atoms with van der Waals surface area (Å²) in [7, 11) is 1.21. The number of ether oxygens (including phenoxy) is 2. The summed E-state index contributed by atoms with van der Waals surface area (Å²) in [6, 6.07) is 1.32. The number of rotatable bonds is 2. The first-order valence-electron chi connectivity index (χ1n) is 3.38. The van der Waals surface area contributed by atoms with Crippen LogP contribution in [0.25, 0.3) is 0 Å². The van der Waals surface area contributed by atoms with Crippen LogP contribution in [0.3, 0.4) is 0 Å². The summed E-state index contributed by atoms with van der Waals surface area (Å²) < 4.78 is 44.2. The minimum atomic E-state index is -4.77. The third-order valence-corrected chi connectivity index (χ3v) is 1.86. The fourth-order valence-corrected chi connectivity index (χ4v) is 1.13. The lowest BCUT2D eigenvalue weighted by Crippen LogP contribution is -2.18. The maximum Gasteiger partial charge on any atom is 0.573 e. The molecule has 1 rings (SSSR count). The van der Waals surface area contributed by atoms with Gasteiger partial charge in [0.1, 0.15) is 0 Å². The Hall–Kier alpha value is -0.980. The zero-order chi connectivity index (χ0) is 10.8. The van der Waals surface area contributed by atoms with E-state index >= 15 is 0 Å². The highest BCUT2D eigenvalue weighted by atomic mass is 79.9. The van der Waals surface area contributed by atoms with Crippen molar-refractivity contribution in [3.05, 3.63) is 16.7 Å². The molecule has 1 heterocycles. The normalized spacial score (nSPS) is 11.2. The first-order chi connectivity index (χ1) is 6.44. The molecule has 0 unspecified atom stereocenters. The standard InChI is InChI=1S/C7H5BrF3NO2/c1-13-6-5(14-7(9,10)11)4(8)2-3-12-6/h2-3H,1H3. The number of methoxy groups -OCH3 is 1. The van der Waals surface area contributed by atoms with E-state index in [4.69, 9.17) is 0 Å². The monoisotopic (exact) mass is 271 g/mol. The quantitative estimate of drug-likeness (QED) is 0.829. The van der Waals surface area contributed by atoms with Gasteiger partial charge in [-0.05, 0) is 22.0 Å². The van der Waals surface area contributed by atoms with Crippen molar-refractivity contribution in [2.24, 2.45) is 0 Å². The van der Waals surface area contributed by atoms with Gasteiger partial charge in [0.2, 0.25) is 5.75 Å². The van der Waals surface area contributed by atoms with E-state index in [-0.39, 0.29) is 10.4 Å². The Balaban J connectivity index is 3.05. The summed E-state index contributed by atoms with van der Waals surface area (Å²) in [6.45, 7) is 0. The Bertz CT molecular complexity index is 329. The number of hydrogen-bond donors (Lipinski definition) is 0. The fraction of sp³-hybridized carbons (Fsp3) is 0.286. The molecule has 1 aromatic rings. The van der Waals surface area contributed by atoms with Crippen LogP contribution in [0.15, 0.2) is 16.7 Å². The van der Waals surface area contributed by atoms with Crippen LogP contribution in [0, 0.1) is 0 Å². The van der Waals surface area contributed by atoms with Gasteiger partial charge in [0.15, 0.2) is 0 Å². The summed E-state index contributed by atoms with van der Waals surface area (Å²) >= 11 is 2.90. The van der Waals surface area contributed by atoms with Gasteiger partial charge in [0, 0.05) is 6.20 Å². The predicted molar refractivity (Wildman–Crippen MR) is 45.2 cm³/mol. The minimum absolute atomic E-state index is 0.127. The lowest BCUT2D eigenvalue weighted by atomic mass is 10.4. The van der Waals surface area contributed by atoms with Crippen molar-refractivity contribution in [1.82, 2.24) is 4.98 Å². The van der Waals surface area contributed by atoms with Crippen LogP contribution in [0.5, 0.6) is 11.6 Å². The Morgan fingerprint density at radius 3 is 2.57 bits per heavy atom. The molecule has 0 radical (unpaired) electrons. The second-order valence-electron chi connectivity index (χ2n) is 2.18. The van der Waals surface area contributed by atoms with Gasteiger partial charge in [-0.3, -0.25) is 0 Å². The fourth-order valence-electron chi connectivity index (χ4n) is 0.760. The van der Waals surface area contributed by atoms with E-state index in [1.54, 1.807) is 0 Å². The SMILES string of the molecule is COc1nccc(Br)c1OC(F)(F)F. The van der Waals surface area contributed by atoms with Gasteiger partial charge in [0.05, 0.1) is 11.6 Å². The van der Waals surface area contributed by atoms with Gasteiger partial charge in [-0.1, -0.05) is 0 Å². The number of hydrogen-bond acceptors (Lipinski definition) is 3. The number of nitrogens with zero attached hydrogens (tertiary/aromatic N) is 1. The number of alkyl halides is 3. The Labute approximate surface area is 86.0 Å². The molecule has 0 amide bonds. The van der Waals surface area contributed by atoms with E-state index in [1.807, 2.05) is 0 Å². The van der Waals surface area contributed by atoms with Crippen molar-refractivity contribution in [2.75, 3.05) is 7.11 Å². The van der Waals surface area contributed by atoms with E-state index in [0.717, 1.165) is 0 Å². The van der Waals surface area contributed by atoms with Crippen LogP contribution in [-0.4, -0.2) is 18.5 Å². The average molecular weight is 272 g/mol. The maximum atomic E-state index is 11.9. The molecule has 0 saturated carbocycles. The van der Waals surface area contributed by atoms with E-state index in [0.29, 0.717) is 0 Å². The first-order valence-corrected chi connectivity index (χ1v) is 4.17. The number of pyridine rings is 1. The van der Waals surface area contributed by atoms with Crippen LogP contribution >= 0.6 is 15.9 Å². The summed E-state index contributed by atoms with van der Waals surface area (Å²) in [6.07, 6.45) is -3.47. The molecule has 3 nitrogen and oxygen atoms in total. The molecular weight excluding hydrogens is 267 g/mol. The van der Waals surface area contributed by atoms with Crippen LogP contribution < -0.4 is 9.47 Å². The van der Waals surface area contributed by atoms with Crippen molar-refractivity contribution < 1.29 is 22.6 Å². The predicted octanol–water partition coefficient (Wildman–Crippen LogP) is 2.75. The van der Waals surface area contributed by atoms with Crippen LogP contribution in [0.1, 0.15) is 0 Å². The highest BCUT2D eigenvalue weighted by molar-refractivity contribution is 9.10. The summed E-state index contributed by atoms with van der Waals surface area (Å²) in [5.74, 6) is -0.709. The molecule has 0 spiro atoms. The van der Waals surface area contributed by atoms with Crippen molar-refractivity contribution in [3.8, 4) is 11.6 Å². The van der Waals surface area contributed by atoms with Gasteiger partial charge in [-0.25, -0.2) is 4.98 Å². The van der Waals surface area contributed by atoms with Crippen molar-refractivity contribution in [1.29, 1.82) is 0 Å². The largest absolute Gasteiger partial charge is 0.573 e. The number of aromatic nitrogens is 1. The Morgan fingerprint density at radius 1 is 1.43 bits per heavy atom. The molecular formula is C7H5BrF3NO2. The average Bonchev–Trinajstić information content (AvgIpc) is 2.06. The second-order valence-corrected chi connectivity index (χ2v) is 3.03. The van der Waals surface area contributed by atoms with Gasteiger partial charge in [-0.15, -0.1) is 13.2 Å². The van der Waals surface area contributed by atoms with E-state index < -0.39 is 12.1 Å². The topological polar surface area (TPSA) is 31.4 Å². The first kappa shape index (κ1) is 11.1. The highest BCUT2D eigenvalue weighted by Gasteiger charge is 2.33. The Morgan fingerprint density at radius 2 is 2.07 bits per heavy atom. The lowest BCUT2D eigenvalue weighted by Gasteiger charge is -2.12. The molecule has 0 aromatic carbocycles. The molecule has 78 valence electrons. The minimum Gasteiger partial charge on any atom is -0.478 e. The molecule has 0 aliphatic heterocycles. The molecule has 0 bridgehead atoms. The van der Waals surface area contributed by atoms with Gasteiger partial charge < -0.3 is 9.47 Å². The molecule has 0 aliphatic carbocycles. The molecule has 0 aliphatic rings. The van der Waals surface area contributed by atoms with Crippen LogP contribution in [-0.2, 0) is 0 Å². The third kappa shape index (κ3) is 2.76. The molecule has 0 saturated heterocycles. The van der Waals surface area contributed by atoms with Crippen LogP contribution in [0.2, 0.25) is 0 Å². The van der Waals surface area contributed by atoms with Crippen molar-refractivity contribution in [2.45, 2.75) is 6.36 Å². The van der Waals surface area contributed by atoms with Crippen molar-refractivity contribution in [3.63, 3.8) is 0 Å². The summed E-state index contributed by atoms with van der Waals surface area (Å²) in [5, 5.41) is 0. The van der Waals surface area contributed by atoms with Gasteiger partial charge >= 0.3 is 6.36 Å². The molecule has 7 heteroatoms. The zero-order valence-electron chi connectivity index (χ0n) is 6.93.